The Morgan fingerprint density at radius 2 is 1.86 bits per heavy atom. The molecule has 1 unspecified atom stereocenters. The summed E-state index contributed by atoms with van der Waals surface area (Å²) in [5.74, 6) is -3.36. The third-order valence-corrected chi connectivity index (χ3v) is 2.33. The minimum atomic E-state index is -2.61. The average molecular weight is 199 g/mol. The first-order chi connectivity index (χ1) is 6.50. The predicted molar refractivity (Wildman–Crippen MR) is 45.4 cm³/mol. The van der Waals surface area contributed by atoms with Gasteiger partial charge in [-0.15, -0.1) is 0 Å². The molecule has 0 aromatic heterocycles. The number of hydrogen-bond acceptors (Lipinski definition) is 2. The van der Waals surface area contributed by atoms with E-state index in [9.17, 15) is 18.9 Å². The Kier molecular flexibility index (Phi) is 1.77. The zero-order chi connectivity index (χ0) is 10.3. The molecule has 1 aromatic rings. The van der Waals surface area contributed by atoms with Crippen molar-refractivity contribution in [1.29, 1.82) is 0 Å². The van der Waals surface area contributed by atoms with Crippen LogP contribution in [0.5, 0.6) is 0 Å². The molecule has 1 atom stereocenters. The third-order valence-electron chi connectivity index (χ3n) is 2.33. The summed E-state index contributed by atoms with van der Waals surface area (Å²) in [5, 5.41) is 10.3. The van der Waals surface area contributed by atoms with Crippen molar-refractivity contribution in [3.8, 4) is 0 Å². The van der Waals surface area contributed by atoms with Crippen molar-refractivity contribution < 1.29 is 13.7 Å². The molecule has 1 aliphatic carbocycles. The van der Waals surface area contributed by atoms with Crippen LogP contribution >= 0.6 is 0 Å². The number of non-ortho nitro benzene ring substituents is 1. The van der Waals surface area contributed by atoms with Crippen molar-refractivity contribution in [2.75, 3.05) is 0 Å². The second-order valence-corrected chi connectivity index (χ2v) is 3.37. The largest absolute Gasteiger partial charge is 0.269 e. The van der Waals surface area contributed by atoms with Gasteiger partial charge in [-0.05, 0) is 5.56 Å². The van der Waals surface area contributed by atoms with Gasteiger partial charge in [0.15, 0.2) is 0 Å². The lowest BCUT2D eigenvalue weighted by Gasteiger charge is -1.98. The summed E-state index contributed by atoms with van der Waals surface area (Å²) in [6.45, 7) is 0. The summed E-state index contributed by atoms with van der Waals surface area (Å²) >= 11 is 0. The highest BCUT2D eigenvalue weighted by atomic mass is 19.3. The minimum absolute atomic E-state index is 0.0716. The molecule has 0 bridgehead atoms. The fraction of sp³-hybridized carbons (Fsp3) is 0.333. The van der Waals surface area contributed by atoms with Crippen molar-refractivity contribution >= 4 is 5.69 Å². The van der Waals surface area contributed by atoms with Crippen molar-refractivity contribution in [2.24, 2.45) is 0 Å². The Morgan fingerprint density at radius 3 is 2.21 bits per heavy atom. The highest BCUT2D eigenvalue weighted by molar-refractivity contribution is 5.37. The molecular weight excluding hydrogens is 192 g/mol. The molecule has 0 heterocycles. The van der Waals surface area contributed by atoms with E-state index in [0.29, 0.717) is 5.56 Å². The molecule has 5 heteroatoms. The Morgan fingerprint density at radius 1 is 1.36 bits per heavy atom. The first-order valence-corrected chi connectivity index (χ1v) is 4.13. The molecule has 1 saturated carbocycles. The molecule has 14 heavy (non-hydrogen) atoms. The van der Waals surface area contributed by atoms with Crippen molar-refractivity contribution in [1.82, 2.24) is 0 Å². The van der Waals surface area contributed by atoms with Gasteiger partial charge in [0, 0.05) is 18.6 Å². The van der Waals surface area contributed by atoms with E-state index < -0.39 is 16.8 Å². The Bertz CT molecular complexity index is 375. The van der Waals surface area contributed by atoms with E-state index in [-0.39, 0.29) is 12.1 Å². The number of nitro benzene ring substituents is 1. The molecule has 1 fully saturated rings. The summed E-state index contributed by atoms with van der Waals surface area (Å²) in [6.07, 6.45) is -0.148. The number of nitrogens with zero attached hydrogens (tertiary/aromatic N) is 1. The highest BCUT2D eigenvalue weighted by Gasteiger charge is 2.57. The standard InChI is InChI=1S/C9H7F2NO2/c10-9(11)5-8(9)6-1-3-7(4-2-6)12(13)14/h1-4,8H,5H2. The lowest BCUT2D eigenvalue weighted by atomic mass is 10.1. The van der Waals surface area contributed by atoms with Crippen LogP contribution in [0.3, 0.4) is 0 Å². The van der Waals surface area contributed by atoms with Crippen LogP contribution in [0, 0.1) is 10.1 Å². The van der Waals surface area contributed by atoms with Crippen LogP contribution < -0.4 is 0 Å². The Hall–Kier alpha value is -1.52. The van der Waals surface area contributed by atoms with E-state index in [1.54, 1.807) is 0 Å². The van der Waals surface area contributed by atoms with Gasteiger partial charge < -0.3 is 0 Å². The van der Waals surface area contributed by atoms with Crippen LogP contribution in [0.1, 0.15) is 17.9 Å². The fourth-order valence-corrected chi connectivity index (χ4v) is 1.40. The SMILES string of the molecule is O=[N+]([O-])c1ccc(C2CC2(F)F)cc1. The molecule has 0 N–H and O–H groups in total. The summed E-state index contributed by atoms with van der Waals surface area (Å²) in [7, 11) is 0. The van der Waals surface area contributed by atoms with Crippen molar-refractivity contribution in [3.63, 3.8) is 0 Å². The fourth-order valence-electron chi connectivity index (χ4n) is 1.40. The quantitative estimate of drug-likeness (QED) is 0.542. The molecule has 3 nitrogen and oxygen atoms in total. The summed E-state index contributed by atoms with van der Waals surface area (Å²) in [6, 6.07) is 5.29. The van der Waals surface area contributed by atoms with Crippen LogP contribution in [0.2, 0.25) is 0 Å². The van der Waals surface area contributed by atoms with Gasteiger partial charge in [-0.1, -0.05) is 12.1 Å². The van der Waals surface area contributed by atoms with Crippen molar-refractivity contribution in [2.45, 2.75) is 18.3 Å². The number of halogens is 2. The maximum atomic E-state index is 12.6. The second kappa shape index (κ2) is 2.73. The second-order valence-electron chi connectivity index (χ2n) is 3.37. The normalized spacial score (nSPS) is 23.1. The number of hydrogen-bond donors (Lipinski definition) is 0. The minimum Gasteiger partial charge on any atom is -0.258 e. The maximum Gasteiger partial charge on any atom is 0.269 e. The molecule has 0 aliphatic heterocycles. The molecule has 0 amide bonds. The van der Waals surface area contributed by atoms with Gasteiger partial charge >= 0.3 is 0 Å². The smallest absolute Gasteiger partial charge is 0.258 e. The zero-order valence-corrected chi connectivity index (χ0v) is 7.11. The van der Waals surface area contributed by atoms with E-state index in [0.717, 1.165) is 0 Å². The van der Waals surface area contributed by atoms with Crippen LogP contribution in [0.25, 0.3) is 0 Å². The summed E-state index contributed by atoms with van der Waals surface area (Å²) in [5.41, 5.74) is 0.401. The number of rotatable bonds is 2. The Balaban J connectivity index is 2.20. The first-order valence-electron chi connectivity index (χ1n) is 4.13. The average Bonchev–Trinajstić information content (AvgIpc) is 2.75. The molecule has 0 saturated heterocycles. The lowest BCUT2D eigenvalue weighted by molar-refractivity contribution is -0.384. The highest BCUT2D eigenvalue weighted by Crippen LogP contribution is 2.55. The van der Waals surface area contributed by atoms with E-state index in [4.69, 9.17) is 0 Å². The molecule has 74 valence electrons. The molecule has 2 rings (SSSR count). The number of benzene rings is 1. The summed E-state index contributed by atoms with van der Waals surface area (Å²) < 4.78 is 25.2. The predicted octanol–water partition coefficient (Wildman–Crippen LogP) is 2.72. The molecule has 0 spiro atoms. The summed E-state index contributed by atoms with van der Waals surface area (Å²) in [4.78, 5) is 9.74. The monoisotopic (exact) mass is 199 g/mol. The third kappa shape index (κ3) is 1.45. The van der Waals surface area contributed by atoms with Gasteiger partial charge in [-0.2, -0.15) is 0 Å². The Labute approximate surface area is 78.5 Å². The van der Waals surface area contributed by atoms with Gasteiger partial charge in [-0.3, -0.25) is 10.1 Å². The van der Waals surface area contributed by atoms with Crippen LogP contribution in [-0.2, 0) is 0 Å². The molecule has 1 aromatic carbocycles. The lowest BCUT2D eigenvalue weighted by Crippen LogP contribution is -1.93. The van der Waals surface area contributed by atoms with E-state index >= 15 is 0 Å². The van der Waals surface area contributed by atoms with Gasteiger partial charge in [0.05, 0.1) is 10.8 Å². The van der Waals surface area contributed by atoms with Gasteiger partial charge in [0.2, 0.25) is 0 Å². The van der Waals surface area contributed by atoms with Crippen LogP contribution in [0.15, 0.2) is 24.3 Å². The number of alkyl halides is 2. The number of nitro groups is 1. The molecule has 1 aliphatic rings. The van der Waals surface area contributed by atoms with E-state index in [2.05, 4.69) is 0 Å². The van der Waals surface area contributed by atoms with E-state index in [1.807, 2.05) is 0 Å². The van der Waals surface area contributed by atoms with Gasteiger partial charge in [0.25, 0.3) is 11.6 Å². The van der Waals surface area contributed by atoms with Crippen molar-refractivity contribution in [3.05, 3.63) is 39.9 Å². The maximum absolute atomic E-state index is 12.6. The van der Waals surface area contributed by atoms with Crippen LogP contribution in [-0.4, -0.2) is 10.8 Å². The molecule has 0 radical (unpaired) electrons. The first kappa shape index (κ1) is 9.05. The van der Waals surface area contributed by atoms with Crippen LogP contribution in [0.4, 0.5) is 14.5 Å². The van der Waals surface area contributed by atoms with E-state index in [1.165, 1.54) is 24.3 Å². The topological polar surface area (TPSA) is 43.1 Å². The van der Waals surface area contributed by atoms with Gasteiger partial charge in [-0.25, -0.2) is 8.78 Å². The molecular formula is C9H7F2NO2. The zero-order valence-electron chi connectivity index (χ0n) is 7.11. The van der Waals surface area contributed by atoms with Gasteiger partial charge in [0.1, 0.15) is 0 Å².